The molecule has 0 radical (unpaired) electrons. The van der Waals surface area contributed by atoms with Crippen molar-refractivity contribution in [2.75, 3.05) is 13.1 Å². The number of aliphatic carboxylic acids is 1. The lowest BCUT2D eigenvalue weighted by atomic mass is 10.1. The lowest BCUT2D eigenvalue weighted by Gasteiger charge is -2.23. The first-order valence-corrected chi connectivity index (χ1v) is 6.97. The molecule has 1 fully saturated rings. The number of halogens is 1. The number of thiophene rings is 1. The number of hydrogen-bond acceptors (Lipinski definition) is 3. The van der Waals surface area contributed by atoms with E-state index >= 15 is 0 Å². The summed E-state index contributed by atoms with van der Waals surface area (Å²) in [5, 5.41) is 8.79. The van der Waals surface area contributed by atoms with Gasteiger partial charge in [0, 0.05) is 23.9 Å². The fraction of sp³-hybridized carbons (Fsp3) is 0.583. The molecule has 1 aromatic heterocycles. The Balaban J connectivity index is 1.94. The van der Waals surface area contributed by atoms with Crippen LogP contribution in [0.1, 0.15) is 30.7 Å². The Hall–Kier alpha value is -0.580. The number of likely N-dealkylation sites (tertiary alicyclic amines) is 1. The third kappa shape index (κ3) is 3.21. The van der Waals surface area contributed by atoms with Crippen molar-refractivity contribution in [3.05, 3.63) is 21.3 Å². The fourth-order valence-corrected chi connectivity index (χ4v) is 3.51. The minimum Gasteiger partial charge on any atom is -0.481 e. The van der Waals surface area contributed by atoms with Crippen LogP contribution in [0.3, 0.4) is 0 Å². The van der Waals surface area contributed by atoms with Gasteiger partial charge in [0.15, 0.2) is 0 Å². The molecule has 1 N–H and O–H groups in total. The van der Waals surface area contributed by atoms with Gasteiger partial charge in [-0.05, 0) is 37.9 Å². The summed E-state index contributed by atoms with van der Waals surface area (Å²) in [7, 11) is 0. The van der Waals surface area contributed by atoms with Crippen molar-refractivity contribution in [1.82, 2.24) is 4.90 Å². The summed E-state index contributed by atoms with van der Waals surface area (Å²) in [6.45, 7) is 4.02. The third-order valence-corrected chi connectivity index (χ3v) is 4.74. The molecule has 0 spiro atoms. The van der Waals surface area contributed by atoms with Crippen LogP contribution in [0.5, 0.6) is 0 Å². The second-order valence-corrected chi connectivity index (χ2v) is 6.31. The van der Waals surface area contributed by atoms with E-state index in [9.17, 15) is 4.79 Å². The summed E-state index contributed by atoms with van der Waals surface area (Å²) >= 11 is 7.54. The molecular weight excluding hydrogens is 258 g/mol. The van der Waals surface area contributed by atoms with Crippen LogP contribution in [-0.2, 0) is 4.79 Å². The zero-order valence-corrected chi connectivity index (χ0v) is 11.3. The summed E-state index contributed by atoms with van der Waals surface area (Å²) in [5.74, 6) is -0.394. The van der Waals surface area contributed by atoms with E-state index in [1.54, 1.807) is 11.3 Å². The predicted octanol–water partition coefficient (Wildman–Crippen LogP) is 3.26. The summed E-state index contributed by atoms with van der Waals surface area (Å²) in [5.41, 5.74) is 0. The molecule has 0 saturated carbocycles. The zero-order chi connectivity index (χ0) is 12.4. The molecule has 17 heavy (non-hydrogen) atoms. The molecule has 2 atom stereocenters. The molecule has 94 valence electrons. The van der Waals surface area contributed by atoms with Gasteiger partial charge in [-0.15, -0.1) is 11.3 Å². The average Bonchev–Trinajstić information content (AvgIpc) is 2.85. The van der Waals surface area contributed by atoms with Crippen molar-refractivity contribution in [3.63, 3.8) is 0 Å². The summed E-state index contributed by atoms with van der Waals surface area (Å²) in [6.07, 6.45) is 1.27. The highest BCUT2D eigenvalue weighted by atomic mass is 35.5. The molecule has 0 bridgehead atoms. The third-order valence-electron chi connectivity index (χ3n) is 3.33. The summed E-state index contributed by atoms with van der Waals surface area (Å²) < 4.78 is 0.813. The van der Waals surface area contributed by atoms with E-state index in [4.69, 9.17) is 16.7 Å². The number of rotatable bonds is 4. The van der Waals surface area contributed by atoms with Crippen LogP contribution in [0.25, 0.3) is 0 Å². The maximum Gasteiger partial charge on any atom is 0.303 e. The molecule has 3 nitrogen and oxygen atoms in total. The van der Waals surface area contributed by atoms with Crippen LogP contribution >= 0.6 is 22.9 Å². The lowest BCUT2D eigenvalue weighted by molar-refractivity contribution is -0.138. The number of hydrogen-bond donors (Lipinski definition) is 1. The largest absolute Gasteiger partial charge is 0.481 e. The molecule has 0 aliphatic carbocycles. The van der Waals surface area contributed by atoms with Gasteiger partial charge in [-0.2, -0.15) is 0 Å². The fourth-order valence-electron chi connectivity index (χ4n) is 2.36. The Bertz CT molecular complexity index is 407. The van der Waals surface area contributed by atoms with Gasteiger partial charge >= 0.3 is 5.97 Å². The Morgan fingerprint density at radius 3 is 3.06 bits per heavy atom. The number of nitrogens with zero attached hydrogens (tertiary/aromatic N) is 1. The molecular formula is C12H16ClNO2S. The van der Waals surface area contributed by atoms with E-state index in [0.29, 0.717) is 12.0 Å². The van der Waals surface area contributed by atoms with Crippen molar-refractivity contribution in [2.45, 2.75) is 25.8 Å². The lowest BCUT2D eigenvalue weighted by Crippen LogP contribution is -2.24. The molecule has 1 saturated heterocycles. The molecule has 2 unspecified atom stereocenters. The molecule has 1 aromatic rings. The predicted molar refractivity (Wildman–Crippen MR) is 69.7 cm³/mol. The molecule has 5 heteroatoms. The van der Waals surface area contributed by atoms with E-state index in [0.717, 1.165) is 23.8 Å². The minimum atomic E-state index is -0.691. The number of carboxylic acid groups (broad SMARTS) is 1. The Kier molecular flexibility index (Phi) is 4.07. The Labute approximate surface area is 110 Å². The molecule has 1 aliphatic heterocycles. The van der Waals surface area contributed by atoms with Gasteiger partial charge < -0.3 is 5.11 Å². The van der Waals surface area contributed by atoms with Crippen molar-refractivity contribution >= 4 is 28.9 Å². The summed E-state index contributed by atoms with van der Waals surface area (Å²) in [6, 6.07) is 4.32. The van der Waals surface area contributed by atoms with E-state index in [1.165, 1.54) is 4.88 Å². The average molecular weight is 274 g/mol. The Morgan fingerprint density at radius 1 is 1.71 bits per heavy atom. The molecule has 0 aromatic carbocycles. The quantitative estimate of drug-likeness (QED) is 0.915. The van der Waals surface area contributed by atoms with Gasteiger partial charge in [-0.1, -0.05) is 11.6 Å². The van der Waals surface area contributed by atoms with E-state index in [2.05, 4.69) is 17.9 Å². The zero-order valence-electron chi connectivity index (χ0n) is 9.73. The topological polar surface area (TPSA) is 40.5 Å². The van der Waals surface area contributed by atoms with Crippen molar-refractivity contribution in [2.24, 2.45) is 5.92 Å². The highest BCUT2D eigenvalue weighted by molar-refractivity contribution is 7.16. The smallest absolute Gasteiger partial charge is 0.303 e. The SMILES string of the molecule is CC(c1ccc(Cl)s1)N1CCC(CC(=O)O)C1. The van der Waals surface area contributed by atoms with Crippen LogP contribution in [-0.4, -0.2) is 29.1 Å². The normalized spacial score (nSPS) is 22.8. The maximum absolute atomic E-state index is 10.7. The first-order chi connectivity index (χ1) is 8.06. The highest BCUT2D eigenvalue weighted by Gasteiger charge is 2.28. The van der Waals surface area contributed by atoms with Gasteiger partial charge in [-0.3, -0.25) is 9.69 Å². The maximum atomic E-state index is 10.7. The standard InChI is InChI=1S/C12H16ClNO2S/c1-8(10-2-3-11(13)17-10)14-5-4-9(7-14)6-12(15)16/h2-3,8-9H,4-7H2,1H3,(H,15,16). The van der Waals surface area contributed by atoms with Crippen molar-refractivity contribution in [1.29, 1.82) is 0 Å². The first-order valence-electron chi connectivity index (χ1n) is 5.77. The highest BCUT2D eigenvalue weighted by Crippen LogP contribution is 2.33. The Morgan fingerprint density at radius 2 is 2.47 bits per heavy atom. The van der Waals surface area contributed by atoms with Crippen LogP contribution in [0.15, 0.2) is 12.1 Å². The van der Waals surface area contributed by atoms with Crippen LogP contribution < -0.4 is 0 Å². The van der Waals surface area contributed by atoms with E-state index < -0.39 is 5.97 Å². The second-order valence-electron chi connectivity index (χ2n) is 4.57. The van der Waals surface area contributed by atoms with Gasteiger partial charge in [-0.25, -0.2) is 0 Å². The molecule has 1 aliphatic rings. The first kappa shape index (κ1) is 12.9. The van der Waals surface area contributed by atoms with Gasteiger partial charge in [0.05, 0.1) is 4.34 Å². The van der Waals surface area contributed by atoms with E-state index in [-0.39, 0.29) is 6.42 Å². The van der Waals surface area contributed by atoms with Crippen molar-refractivity contribution < 1.29 is 9.90 Å². The van der Waals surface area contributed by atoms with Gasteiger partial charge in [0.25, 0.3) is 0 Å². The van der Waals surface area contributed by atoms with Crippen molar-refractivity contribution in [3.8, 4) is 0 Å². The van der Waals surface area contributed by atoms with Crippen LogP contribution in [0.4, 0.5) is 0 Å². The monoisotopic (exact) mass is 273 g/mol. The molecule has 0 amide bonds. The number of carbonyl (C=O) groups is 1. The molecule has 2 heterocycles. The van der Waals surface area contributed by atoms with Crippen LogP contribution in [0, 0.1) is 5.92 Å². The van der Waals surface area contributed by atoms with Gasteiger partial charge in [0.1, 0.15) is 0 Å². The minimum absolute atomic E-state index is 0.286. The van der Waals surface area contributed by atoms with Gasteiger partial charge in [0.2, 0.25) is 0 Å². The summed E-state index contributed by atoms with van der Waals surface area (Å²) in [4.78, 5) is 14.3. The van der Waals surface area contributed by atoms with Crippen LogP contribution in [0.2, 0.25) is 4.34 Å². The number of carboxylic acids is 1. The second kappa shape index (κ2) is 5.38. The van der Waals surface area contributed by atoms with E-state index in [1.807, 2.05) is 6.07 Å². The molecule has 2 rings (SSSR count).